The molecule has 0 radical (unpaired) electrons. The Morgan fingerprint density at radius 1 is 1.10 bits per heavy atom. The van der Waals surface area contributed by atoms with Gasteiger partial charge in [0.1, 0.15) is 5.69 Å². The molecule has 1 saturated heterocycles. The van der Waals surface area contributed by atoms with E-state index in [1.807, 2.05) is 6.07 Å². The number of nitrogens with zero attached hydrogens (tertiary/aromatic N) is 6. The lowest BCUT2D eigenvalue weighted by Gasteiger charge is -2.34. The highest BCUT2D eigenvalue weighted by Crippen LogP contribution is 2.28. The van der Waals surface area contributed by atoms with Crippen molar-refractivity contribution in [1.29, 1.82) is 0 Å². The third kappa shape index (κ3) is 4.78. The van der Waals surface area contributed by atoms with Crippen LogP contribution in [0.15, 0.2) is 53.3 Å². The lowest BCUT2D eigenvalue weighted by molar-refractivity contribution is -0.384. The van der Waals surface area contributed by atoms with Gasteiger partial charge in [0, 0.05) is 63.8 Å². The first-order valence-corrected chi connectivity index (χ1v) is 9.85. The summed E-state index contributed by atoms with van der Waals surface area (Å²) in [6.07, 6.45) is 3.53. The first kappa shape index (κ1) is 19.9. The standard InChI is InChI=1S/C20H23N7O3/c28-27(29)19-5-2-1-4-17(19)18-14-16(30-24-18)15-21-8-9-25-10-12-26(13-11-25)20-22-6-3-7-23-20/h1-7,14,21H,8-13,15H2. The summed E-state index contributed by atoms with van der Waals surface area (Å²) in [5.41, 5.74) is 0.946. The molecule has 3 aromatic rings. The number of piperazine rings is 1. The number of benzene rings is 1. The van der Waals surface area contributed by atoms with Gasteiger partial charge >= 0.3 is 0 Å². The van der Waals surface area contributed by atoms with E-state index in [4.69, 9.17) is 4.52 Å². The lowest BCUT2D eigenvalue weighted by Crippen LogP contribution is -2.48. The molecular formula is C20H23N7O3. The molecule has 0 atom stereocenters. The van der Waals surface area contributed by atoms with Crippen molar-refractivity contribution in [3.8, 4) is 11.3 Å². The van der Waals surface area contributed by atoms with E-state index in [2.05, 4.69) is 30.2 Å². The highest BCUT2D eigenvalue weighted by Gasteiger charge is 2.19. The largest absolute Gasteiger partial charge is 0.359 e. The molecule has 4 rings (SSSR count). The molecule has 0 aliphatic carbocycles. The van der Waals surface area contributed by atoms with Crippen LogP contribution in [0.4, 0.5) is 11.6 Å². The number of rotatable bonds is 8. The maximum Gasteiger partial charge on any atom is 0.278 e. The zero-order valence-corrected chi connectivity index (χ0v) is 16.5. The van der Waals surface area contributed by atoms with Gasteiger partial charge in [-0.25, -0.2) is 9.97 Å². The first-order valence-electron chi connectivity index (χ1n) is 9.85. The normalized spacial score (nSPS) is 14.7. The van der Waals surface area contributed by atoms with E-state index in [1.165, 1.54) is 6.07 Å². The van der Waals surface area contributed by atoms with Gasteiger partial charge < -0.3 is 14.7 Å². The highest BCUT2D eigenvalue weighted by atomic mass is 16.6. The number of hydrogen-bond acceptors (Lipinski definition) is 9. The minimum absolute atomic E-state index is 0.0188. The van der Waals surface area contributed by atoms with E-state index in [0.29, 0.717) is 23.6 Å². The summed E-state index contributed by atoms with van der Waals surface area (Å²) < 4.78 is 5.34. The van der Waals surface area contributed by atoms with Gasteiger partial charge in [-0.3, -0.25) is 15.0 Å². The van der Waals surface area contributed by atoms with Crippen molar-refractivity contribution < 1.29 is 9.45 Å². The summed E-state index contributed by atoms with van der Waals surface area (Å²) in [6.45, 7) is 5.99. The van der Waals surface area contributed by atoms with E-state index in [1.54, 1.807) is 36.7 Å². The summed E-state index contributed by atoms with van der Waals surface area (Å²) >= 11 is 0. The van der Waals surface area contributed by atoms with Crippen molar-refractivity contribution in [2.45, 2.75) is 6.54 Å². The van der Waals surface area contributed by atoms with E-state index in [-0.39, 0.29) is 5.69 Å². The molecule has 1 aliphatic heterocycles. The van der Waals surface area contributed by atoms with Gasteiger partial charge in [0.05, 0.1) is 17.0 Å². The molecule has 1 aromatic carbocycles. The number of aromatic nitrogens is 3. The zero-order chi connectivity index (χ0) is 20.8. The molecule has 156 valence electrons. The fourth-order valence-corrected chi connectivity index (χ4v) is 3.45. The average Bonchev–Trinajstić information content (AvgIpc) is 3.26. The fraction of sp³-hybridized carbons (Fsp3) is 0.350. The zero-order valence-electron chi connectivity index (χ0n) is 16.5. The third-order valence-corrected chi connectivity index (χ3v) is 5.05. The summed E-state index contributed by atoms with van der Waals surface area (Å²) in [6, 6.07) is 10.1. The Morgan fingerprint density at radius 3 is 2.63 bits per heavy atom. The summed E-state index contributed by atoms with van der Waals surface area (Å²) in [4.78, 5) is 24.0. The Balaban J connectivity index is 1.21. The maximum atomic E-state index is 11.2. The molecule has 0 unspecified atom stereocenters. The molecule has 1 N–H and O–H groups in total. The number of nitro benzene ring substituents is 1. The second kappa shape index (κ2) is 9.42. The minimum atomic E-state index is -0.411. The van der Waals surface area contributed by atoms with Gasteiger partial charge in [0.2, 0.25) is 5.95 Å². The van der Waals surface area contributed by atoms with Crippen LogP contribution in [0.3, 0.4) is 0 Å². The molecule has 0 amide bonds. The molecule has 1 aliphatic rings. The number of anilines is 1. The predicted molar refractivity (Wildman–Crippen MR) is 111 cm³/mol. The van der Waals surface area contributed by atoms with E-state index in [0.717, 1.165) is 45.2 Å². The Morgan fingerprint density at radius 2 is 1.87 bits per heavy atom. The van der Waals surface area contributed by atoms with Gasteiger partial charge in [-0.15, -0.1) is 0 Å². The van der Waals surface area contributed by atoms with Gasteiger partial charge in [-0.2, -0.15) is 0 Å². The van der Waals surface area contributed by atoms with Gasteiger partial charge in [-0.1, -0.05) is 17.3 Å². The molecule has 30 heavy (non-hydrogen) atoms. The molecule has 10 nitrogen and oxygen atoms in total. The van der Waals surface area contributed by atoms with Crippen LogP contribution in [0.1, 0.15) is 5.76 Å². The number of nitrogens with one attached hydrogen (secondary N) is 1. The number of hydrogen-bond donors (Lipinski definition) is 1. The second-order valence-corrected chi connectivity index (χ2v) is 7.01. The van der Waals surface area contributed by atoms with E-state index >= 15 is 0 Å². The topological polar surface area (TPSA) is 113 Å². The average molecular weight is 409 g/mol. The predicted octanol–water partition coefficient (Wildman–Crippen LogP) is 1.95. The van der Waals surface area contributed by atoms with Crippen molar-refractivity contribution in [3.63, 3.8) is 0 Å². The van der Waals surface area contributed by atoms with Crippen LogP contribution in [-0.2, 0) is 6.54 Å². The van der Waals surface area contributed by atoms with Crippen LogP contribution in [0, 0.1) is 10.1 Å². The van der Waals surface area contributed by atoms with Crippen molar-refractivity contribution in [1.82, 2.24) is 25.3 Å². The Bertz CT molecular complexity index is 971. The Hall–Kier alpha value is -3.37. The van der Waals surface area contributed by atoms with Crippen molar-refractivity contribution >= 4 is 11.6 Å². The van der Waals surface area contributed by atoms with Crippen LogP contribution < -0.4 is 10.2 Å². The van der Waals surface area contributed by atoms with E-state index < -0.39 is 4.92 Å². The molecule has 10 heteroatoms. The van der Waals surface area contributed by atoms with Crippen LogP contribution in [0.2, 0.25) is 0 Å². The molecule has 3 heterocycles. The Kier molecular flexibility index (Phi) is 6.26. The molecule has 2 aromatic heterocycles. The SMILES string of the molecule is O=[N+]([O-])c1ccccc1-c1cc(CNCCN2CCN(c3ncccn3)CC2)on1. The molecule has 0 bridgehead atoms. The maximum absolute atomic E-state index is 11.2. The highest BCUT2D eigenvalue weighted by molar-refractivity contribution is 5.70. The summed E-state index contributed by atoms with van der Waals surface area (Å²) in [7, 11) is 0. The van der Waals surface area contributed by atoms with Crippen LogP contribution in [-0.4, -0.2) is 64.2 Å². The smallest absolute Gasteiger partial charge is 0.278 e. The first-order chi connectivity index (χ1) is 14.7. The van der Waals surface area contributed by atoms with Crippen molar-refractivity contribution in [2.24, 2.45) is 0 Å². The quantitative estimate of drug-likeness (QED) is 0.339. The van der Waals surface area contributed by atoms with Gasteiger partial charge in [-0.05, 0) is 12.1 Å². The number of nitro groups is 1. The molecule has 1 fully saturated rings. The van der Waals surface area contributed by atoms with E-state index in [9.17, 15) is 10.1 Å². The lowest BCUT2D eigenvalue weighted by atomic mass is 10.1. The van der Waals surface area contributed by atoms with Crippen molar-refractivity contribution in [3.05, 3.63) is 64.7 Å². The molecule has 0 spiro atoms. The molecular weight excluding hydrogens is 386 g/mol. The third-order valence-electron chi connectivity index (χ3n) is 5.05. The summed E-state index contributed by atoms with van der Waals surface area (Å²) in [5.74, 6) is 1.43. The fourth-order valence-electron chi connectivity index (χ4n) is 3.45. The van der Waals surface area contributed by atoms with Crippen LogP contribution in [0.5, 0.6) is 0 Å². The minimum Gasteiger partial charge on any atom is -0.359 e. The Labute approximate surface area is 173 Å². The van der Waals surface area contributed by atoms with Crippen LogP contribution >= 0.6 is 0 Å². The van der Waals surface area contributed by atoms with Gasteiger partial charge in [0.15, 0.2) is 5.76 Å². The number of para-hydroxylation sites is 1. The van der Waals surface area contributed by atoms with Gasteiger partial charge in [0.25, 0.3) is 5.69 Å². The molecule has 0 saturated carbocycles. The van der Waals surface area contributed by atoms with Crippen molar-refractivity contribution in [2.75, 3.05) is 44.2 Å². The van der Waals surface area contributed by atoms with Crippen LogP contribution in [0.25, 0.3) is 11.3 Å². The summed E-state index contributed by atoms with van der Waals surface area (Å²) in [5, 5.41) is 18.5. The second-order valence-electron chi connectivity index (χ2n) is 7.01. The monoisotopic (exact) mass is 409 g/mol.